The Hall–Kier alpha value is -2.21. The molecule has 0 radical (unpaired) electrons. The first-order valence-electron chi connectivity index (χ1n) is 6.97. The third kappa shape index (κ3) is 2.74. The summed E-state index contributed by atoms with van der Waals surface area (Å²) in [7, 11) is 1.28. The zero-order valence-corrected chi connectivity index (χ0v) is 13.1. The number of imide groups is 1. The Morgan fingerprint density at radius 2 is 1.68 bits per heavy atom. The molecule has 0 spiro atoms. The number of amides is 2. The molecule has 22 heavy (non-hydrogen) atoms. The van der Waals surface area contributed by atoms with Crippen molar-refractivity contribution < 1.29 is 23.9 Å². The van der Waals surface area contributed by atoms with E-state index in [1.807, 2.05) is 0 Å². The molecule has 0 fully saturated rings. The summed E-state index contributed by atoms with van der Waals surface area (Å²) in [5.41, 5.74) is -0.0988. The van der Waals surface area contributed by atoms with E-state index in [-0.39, 0.29) is 18.4 Å². The second-order valence-corrected chi connectivity index (χ2v) is 5.78. The van der Waals surface area contributed by atoms with Crippen molar-refractivity contribution in [2.75, 3.05) is 13.7 Å². The first-order valence-corrected chi connectivity index (χ1v) is 6.97. The highest BCUT2D eigenvalue weighted by Gasteiger charge is 2.44. The molecule has 6 heteroatoms. The van der Waals surface area contributed by atoms with Gasteiger partial charge in [-0.1, -0.05) is 12.1 Å². The van der Waals surface area contributed by atoms with E-state index in [4.69, 9.17) is 4.74 Å². The summed E-state index contributed by atoms with van der Waals surface area (Å²) in [4.78, 5) is 37.4. The molecule has 0 aliphatic carbocycles. The quantitative estimate of drug-likeness (QED) is 0.611. The molecule has 1 aromatic carbocycles. The van der Waals surface area contributed by atoms with E-state index < -0.39 is 17.6 Å². The van der Waals surface area contributed by atoms with Crippen LogP contribution in [0.2, 0.25) is 0 Å². The summed E-state index contributed by atoms with van der Waals surface area (Å²) in [5.74, 6) is -1.20. The molecule has 1 heterocycles. The molecule has 2 rings (SSSR count). The highest BCUT2D eigenvalue weighted by atomic mass is 16.6. The first kappa shape index (κ1) is 16.2. The molecule has 0 bridgehead atoms. The second-order valence-electron chi connectivity index (χ2n) is 5.78. The second kappa shape index (κ2) is 5.88. The van der Waals surface area contributed by atoms with Crippen LogP contribution in [0.4, 0.5) is 0 Å². The fourth-order valence-electron chi connectivity index (χ4n) is 2.37. The Kier molecular flexibility index (Phi) is 4.32. The van der Waals surface area contributed by atoms with Gasteiger partial charge in [-0.3, -0.25) is 14.5 Å². The maximum Gasteiger partial charge on any atom is 0.334 e. The molecule has 1 aromatic rings. The first-order chi connectivity index (χ1) is 10.3. The zero-order valence-electron chi connectivity index (χ0n) is 13.1. The Balaban J connectivity index is 2.16. The van der Waals surface area contributed by atoms with Crippen LogP contribution in [0.1, 0.15) is 41.5 Å². The molecule has 0 N–H and O–H groups in total. The van der Waals surface area contributed by atoms with Gasteiger partial charge in [-0.2, -0.15) is 0 Å². The van der Waals surface area contributed by atoms with E-state index in [2.05, 4.69) is 4.74 Å². The number of carbonyl (C=O) groups excluding carboxylic acids is 3. The van der Waals surface area contributed by atoms with Crippen molar-refractivity contribution in [2.24, 2.45) is 0 Å². The molecular weight excluding hydrogens is 286 g/mol. The molecule has 0 aromatic heterocycles. The van der Waals surface area contributed by atoms with Crippen LogP contribution in [0, 0.1) is 0 Å². The van der Waals surface area contributed by atoms with Gasteiger partial charge in [-0.05, 0) is 32.9 Å². The fourth-order valence-corrected chi connectivity index (χ4v) is 2.37. The molecule has 1 aliphatic heterocycles. The van der Waals surface area contributed by atoms with Crippen LogP contribution in [0.15, 0.2) is 24.3 Å². The van der Waals surface area contributed by atoms with Gasteiger partial charge in [0.05, 0.1) is 30.4 Å². The van der Waals surface area contributed by atoms with Crippen molar-refractivity contribution in [1.82, 2.24) is 4.90 Å². The van der Waals surface area contributed by atoms with Crippen molar-refractivity contribution >= 4 is 17.8 Å². The van der Waals surface area contributed by atoms with Crippen LogP contribution in [0.5, 0.6) is 0 Å². The average molecular weight is 305 g/mol. The number of carbonyl (C=O) groups is 3. The molecule has 2 amide bonds. The van der Waals surface area contributed by atoms with Gasteiger partial charge in [0.2, 0.25) is 0 Å². The van der Waals surface area contributed by atoms with Crippen LogP contribution in [0.25, 0.3) is 0 Å². The monoisotopic (exact) mass is 305 g/mol. The lowest BCUT2D eigenvalue weighted by molar-refractivity contribution is -0.154. The van der Waals surface area contributed by atoms with Crippen molar-refractivity contribution in [3.63, 3.8) is 0 Å². The lowest BCUT2D eigenvalue weighted by atomic mass is 10.0. The number of rotatable bonds is 5. The Labute approximate surface area is 129 Å². The Morgan fingerprint density at radius 3 is 2.14 bits per heavy atom. The van der Waals surface area contributed by atoms with Gasteiger partial charge in [0.1, 0.15) is 0 Å². The van der Waals surface area contributed by atoms with E-state index in [0.717, 1.165) is 0 Å². The lowest BCUT2D eigenvalue weighted by Crippen LogP contribution is -2.51. The van der Waals surface area contributed by atoms with Gasteiger partial charge in [0.25, 0.3) is 11.8 Å². The minimum absolute atomic E-state index is 0.0364. The summed E-state index contributed by atoms with van der Waals surface area (Å²) >= 11 is 0. The van der Waals surface area contributed by atoms with Crippen LogP contribution >= 0.6 is 0 Å². The summed E-state index contributed by atoms with van der Waals surface area (Å²) < 4.78 is 10.0. The van der Waals surface area contributed by atoms with Crippen LogP contribution in [-0.2, 0) is 14.3 Å². The van der Waals surface area contributed by atoms with Gasteiger partial charge >= 0.3 is 5.97 Å². The average Bonchev–Trinajstić information content (AvgIpc) is 2.76. The number of fused-ring (bicyclic) bond motifs is 1. The standard InChI is InChI=1S/C16H19NO5/c1-10(15(20)21-4)22-9-16(2,3)17-13(18)11-7-5-6-8-12(11)14(17)19/h5-8,10H,9H2,1-4H3. The largest absolute Gasteiger partial charge is 0.467 e. The number of benzene rings is 1. The molecule has 1 aliphatic rings. The van der Waals surface area contributed by atoms with Crippen molar-refractivity contribution in [1.29, 1.82) is 0 Å². The highest BCUT2D eigenvalue weighted by molar-refractivity contribution is 6.21. The maximum atomic E-state index is 12.4. The van der Waals surface area contributed by atoms with Gasteiger partial charge in [-0.15, -0.1) is 0 Å². The highest BCUT2D eigenvalue weighted by Crippen LogP contribution is 2.29. The summed E-state index contributed by atoms with van der Waals surface area (Å²) in [6, 6.07) is 6.69. The molecule has 1 unspecified atom stereocenters. The number of esters is 1. The number of ether oxygens (including phenoxy) is 2. The molecule has 1 atom stereocenters. The molecule has 118 valence electrons. The maximum absolute atomic E-state index is 12.4. The van der Waals surface area contributed by atoms with E-state index in [1.165, 1.54) is 12.0 Å². The summed E-state index contributed by atoms with van der Waals surface area (Å²) in [5, 5.41) is 0. The van der Waals surface area contributed by atoms with E-state index in [1.54, 1.807) is 45.0 Å². The van der Waals surface area contributed by atoms with Gasteiger partial charge in [0.15, 0.2) is 6.10 Å². The Bertz CT molecular complexity index is 588. The van der Waals surface area contributed by atoms with Crippen molar-refractivity contribution in [3.05, 3.63) is 35.4 Å². The van der Waals surface area contributed by atoms with E-state index >= 15 is 0 Å². The topological polar surface area (TPSA) is 72.9 Å². The number of methoxy groups -OCH3 is 1. The molecular formula is C16H19NO5. The normalized spacial score (nSPS) is 15.7. The lowest BCUT2D eigenvalue weighted by Gasteiger charge is -2.34. The van der Waals surface area contributed by atoms with Gasteiger partial charge in [-0.25, -0.2) is 4.79 Å². The minimum atomic E-state index is -0.879. The van der Waals surface area contributed by atoms with Crippen LogP contribution in [-0.4, -0.2) is 48.0 Å². The number of nitrogens with zero attached hydrogens (tertiary/aromatic N) is 1. The van der Waals surface area contributed by atoms with E-state index in [9.17, 15) is 14.4 Å². The summed E-state index contributed by atoms with van der Waals surface area (Å²) in [6.45, 7) is 5.04. The predicted molar refractivity (Wildman–Crippen MR) is 78.5 cm³/mol. The predicted octanol–water partition coefficient (Wildman–Crippen LogP) is 1.64. The van der Waals surface area contributed by atoms with Crippen LogP contribution in [0.3, 0.4) is 0 Å². The van der Waals surface area contributed by atoms with Gasteiger partial charge in [0, 0.05) is 0 Å². The third-order valence-electron chi connectivity index (χ3n) is 3.62. The smallest absolute Gasteiger partial charge is 0.334 e. The SMILES string of the molecule is COC(=O)C(C)OCC(C)(C)N1C(=O)c2ccccc2C1=O. The van der Waals surface area contributed by atoms with Crippen LogP contribution < -0.4 is 0 Å². The molecule has 0 saturated heterocycles. The molecule has 0 saturated carbocycles. The zero-order chi connectivity index (χ0) is 16.5. The van der Waals surface area contributed by atoms with Crippen molar-refractivity contribution in [2.45, 2.75) is 32.4 Å². The Morgan fingerprint density at radius 1 is 1.18 bits per heavy atom. The number of hydrogen-bond donors (Lipinski definition) is 0. The van der Waals surface area contributed by atoms with Crippen molar-refractivity contribution in [3.8, 4) is 0 Å². The molecule has 6 nitrogen and oxygen atoms in total. The fraction of sp³-hybridized carbons (Fsp3) is 0.438. The minimum Gasteiger partial charge on any atom is -0.467 e. The third-order valence-corrected chi connectivity index (χ3v) is 3.62. The van der Waals surface area contributed by atoms with Gasteiger partial charge < -0.3 is 9.47 Å². The summed E-state index contributed by atoms with van der Waals surface area (Å²) in [6.07, 6.45) is -0.764. The number of hydrogen-bond acceptors (Lipinski definition) is 5. The van der Waals surface area contributed by atoms with E-state index in [0.29, 0.717) is 11.1 Å².